The first-order valence-corrected chi connectivity index (χ1v) is 10.9. The molecule has 0 bridgehead atoms. The number of amides is 2. The summed E-state index contributed by atoms with van der Waals surface area (Å²) in [6.45, 7) is 0. The molecule has 0 N–H and O–H groups in total. The third-order valence-electron chi connectivity index (χ3n) is 5.74. The molecule has 1 aliphatic heterocycles. The molecule has 5 nitrogen and oxygen atoms in total. The van der Waals surface area contributed by atoms with Gasteiger partial charge in [-0.1, -0.05) is 78.3 Å². The standard InChI is InChI=1S/C26H21ClFNO4/c27-21-12-7-13-22(28)20(21)16-19(14-15-30)25(31)29-23(17-8-3-1-4-9-17)24(33-26(29)32)18-10-5-2-6-11-18/h1-13,15,19,23-24H,14,16H2. The SMILES string of the molecule is O=CCC(Cc1c(F)cccc1Cl)C(=O)N1C(=O)OC(c2ccccc2)C1c1ccccc1. The Morgan fingerprint density at radius 3 is 2.24 bits per heavy atom. The Kier molecular flexibility index (Phi) is 6.84. The Hall–Kier alpha value is -3.51. The van der Waals surface area contributed by atoms with Crippen LogP contribution in [0.2, 0.25) is 5.02 Å². The highest BCUT2D eigenvalue weighted by molar-refractivity contribution is 6.31. The van der Waals surface area contributed by atoms with Gasteiger partial charge in [-0.2, -0.15) is 0 Å². The van der Waals surface area contributed by atoms with E-state index in [0.29, 0.717) is 11.8 Å². The second-order valence-corrected chi connectivity index (χ2v) is 8.19. The summed E-state index contributed by atoms with van der Waals surface area (Å²) in [4.78, 5) is 39.1. The molecule has 7 heteroatoms. The number of imide groups is 1. The third-order valence-corrected chi connectivity index (χ3v) is 6.09. The normalized spacial score (nSPS) is 18.6. The van der Waals surface area contributed by atoms with E-state index in [4.69, 9.17) is 16.3 Å². The first-order valence-electron chi connectivity index (χ1n) is 10.5. The molecule has 0 spiro atoms. The van der Waals surface area contributed by atoms with Gasteiger partial charge in [-0.15, -0.1) is 0 Å². The van der Waals surface area contributed by atoms with Crippen LogP contribution in [0.1, 0.15) is 35.3 Å². The summed E-state index contributed by atoms with van der Waals surface area (Å²) in [7, 11) is 0. The van der Waals surface area contributed by atoms with E-state index in [1.807, 2.05) is 60.7 Å². The molecule has 3 atom stereocenters. The third kappa shape index (κ3) is 4.66. The second-order valence-electron chi connectivity index (χ2n) is 7.78. The Balaban J connectivity index is 1.73. The summed E-state index contributed by atoms with van der Waals surface area (Å²) < 4.78 is 20.1. The fraction of sp³-hybridized carbons (Fsp3) is 0.192. The Morgan fingerprint density at radius 1 is 1.00 bits per heavy atom. The Bertz CT molecular complexity index is 1140. The smallest absolute Gasteiger partial charge is 0.417 e. The molecule has 0 radical (unpaired) electrons. The summed E-state index contributed by atoms with van der Waals surface area (Å²) >= 11 is 6.15. The molecule has 0 aliphatic carbocycles. The van der Waals surface area contributed by atoms with E-state index in [0.717, 1.165) is 10.5 Å². The number of ether oxygens (including phenoxy) is 1. The van der Waals surface area contributed by atoms with Gasteiger partial charge in [-0.05, 0) is 29.7 Å². The van der Waals surface area contributed by atoms with Gasteiger partial charge in [-0.3, -0.25) is 4.79 Å². The van der Waals surface area contributed by atoms with Crippen LogP contribution in [-0.2, 0) is 20.7 Å². The minimum Gasteiger partial charge on any atom is -0.438 e. The van der Waals surface area contributed by atoms with Crippen molar-refractivity contribution in [1.29, 1.82) is 0 Å². The topological polar surface area (TPSA) is 63.7 Å². The van der Waals surface area contributed by atoms with Crippen LogP contribution in [-0.4, -0.2) is 23.2 Å². The van der Waals surface area contributed by atoms with Gasteiger partial charge in [0.2, 0.25) is 5.91 Å². The Labute approximate surface area is 195 Å². The lowest BCUT2D eigenvalue weighted by Crippen LogP contribution is -2.40. The van der Waals surface area contributed by atoms with Crippen LogP contribution in [0.5, 0.6) is 0 Å². The zero-order valence-corrected chi connectivity index (χ0v) is 18.3. The highest BCUT2D eigenvalue weighted by atomic mass is 35.5. The molecular formula is C26H21ClFNO4. The van der Waals surface area contributed by atoms with Gasteiger partial charge in [-0.25, -0.2) is 14.1 Å². The summed E-state index contributed by atoms with van der Waals surface area (Å²) in [5, 5.41) is 0.157. The number of nitrogens with zero attached hydrogens (tertiary/aromatic N) is 1. The van der Waals surface area contributed by atoms with Crippen LogP contribution in [0, 0.1) is 11.7 Å². The minimum atomic E-state index is -0.981. The highest BCUT2D eigenvalue weighted by Gasteiger charge is 2.48. The molecule has 1 fully saturated rings. The van der Waals surface area contributed by atoms with Crippen molar-refractivity contribution in [3.63, 3.8) is 0 Å². The van der Waals surface area contributed by atoms with Crippen molar-refractivity contribution in [1.82, 2.24) is 4.90 Å². The molecule has 1 aliphatic rings. The van der Waals surface area contributed by atoms with Gasteiger partial charge in [0.15, 0.2) is 6.10 Å². The quantitative estimate of drug-likeness (QED) is 0.420. The van der Waals surface area contributed by atoms with E-state index in [-0.39, 0.29) is 23.4 Å². The molecule has 2 amide bonds. The van der Waals surface area contributed by atoms with Crippen LogP contribution in [0.3, 0.4) is 0 Å². The molecule has 4 rings (SSSR count). The van der Waals surface area contributed by atoms with Crippen molar-refractivity contribution < 1.29 is 23.5 Å². The number of benzene rings is 3. The van der Waals surface area contributed by atoms with Crippen molar-refractivity contribution in [3.05, 3.63) is 106 Å². The molecule has 1 saturated heterocycles. The van der Waals surface area contributed by atoms with E-state index in [1.54, 1.807) is 0 Å². The lowest BCUT2D eigenvalue weighted by atomic mass is 9.91. The molecule has 3 aromatic carbocycles. The van der Waals surface area contributed by atoms with Crippen molar-refractivity contribution in [3.8, 4) is 0 Å². The zero-order valence-electron chi connectivity index (χ0n) is 17.6. The summed E-state index contributed by atoms with van der Waals surface area (Å²) in [6, 6.07) is 21.7. The lowest BCUT2D eigenvalue weighted by molar-refractivity contribution is -0.135. The van der Waals surface area contributed by atoms with E-state index >= 15 is 0 Å². The molecule has 0 aromatic heterocycles. The number of aldehydes is 1. The molecule has 1 heterocycles. The fourth-order valence-electron chi connectivity index (χ4n) is 4.13. The average Bonchev–Trinajstić information content (AvgIpc) is 3.18. The monoisotopic (exact) mass is 465 g/mol. The van der Waals surface area contributed by atoms with E-state index < -0.39 is 35.9 Å². The molecular weight excluding hydrogens is 445 g/mol. The van der Waals surface area contributed by atoms with E-state index in [2.05, 4.69) is 0 Å². The molecule has 3 aromatic rings. The lowest BCUT2D eigenvalue weighted by Gasteiger charge is -2.27. The van der Waals surface area contributed by atoms with Crippen molar-refractivity contribution in [2.24, 2.45) is 5.92 Å². The predicted molar refractivity (Wildman–Crippen MR) is 121 cm³/mol. The molecule has 168 valence electrons. The summed E-state index contributed by atoms with van der Waals surface area (Å²) in [5.41, 5.74) is 1.57. The number of hydrogen-bond acceptors (Lipinski definition) is 4. The maximum Gasteiger partial charge on any atom is 0.417 e. The number of halogens is 2. The van der Waals surface area contributed by atoms with Gasteiger partial charge in [0.25, 0.3) is 0 Å². The van der Waals surface area contributed by atoms with Crippen molar-refractivity contribution in [2.75, 3.05) is 0 Å². The predicted octanol–water partition coefficient (Wildman–Crippen LogP) is 5.69. The minimum absolute atomic E-state index is 0.121. The summed E-state index contributed by atoms with van der Waals surface area (Å²) in [6.07, 6.45) is -1.25. The number of hydrogen-bond donors (Lipinski definition) is 0. The van der Waals surface area contributed by atoms with E-state index in [1.165, 1.54) is 18.2 Å². The van der Waals surface area contributed by atoms with E-state index in [9.17, 15) is 18.8 Å². The average molecular weight is 466 g/mol. The fourth-order valence-corrected chi connectivity index (χ4v) is 4.37. The van der Waals surface area contributed by atoms with Gasteiger partial charge in [0, 0.05) is 22.9 Å². The van der Waals surface area contributed by atoms with Crippen molar-refractivity contribution >= 4 is 29.9 Å². The zero-order chi connectivity index (χ0) is 23.4. The maximum atomic E-state index is 14.4. The van der Waals surface area contributed by atoms with Crippen LogP contribution < -0.4 is 0 Å². The van der Waals surface area contributed by atoms with Gasteiger partial charge in [0.05, 0.1) is 0 Å². The van der Waals surface area contributed by atoms with Gasteiger partial charge >= 0.3 is 6.09 Å². The maximum absolute atomic E-state index is 14.4. The van der Waals surface area contributed by atoms with Crippen LogP contribution in [0.15, 0.2) is 78.9 Å². The molecule has 0 saturated carbocycles. The van der Waals surface area contributed by atoms with Gasteiger partial charge in [0.1, 0.15) is 18.1 Å². The highest BCUT2D eigenvalue weighted by Crippen LogP contribution is 2.44. The molecule has 3 unspecified atom stereocenters. The number of carbonyl (C=O) groups is 3. The summed E-state index contributed by atoms with van der Waals surface area (Å²) in [5.74, 6) is -2.17. The van der Waals surface area contributed by atoms with Crippen LogP contribution >= 0.6 is 11.6 Å². The number of carbonyl (C=O) groups excluding carboxylic acids is 3. The first kappa shape index (κ1) is 22.7. The first-order chi connectivity index (χ1) is 16.0. The Morgan fingerprint density at radius 2 is 1.64 bits per heavy atom. The van der Waals surface area contributed by atoms with Gasteiger partial charge < -0.3 is 9.53 Å². The van der Waals surface area contributed by atoms with Crippen LogP contribution in [0.4, 0.5) is 9.18 Å². The second kappa shape index (κ2) is 9.96. The number of rotatable bonds is 7. The van der Waals surface area contributed by atoms with Crippen molar-refractivity contribution in [2.45, 2.75) is 25.0 Å². The largest absolute Gasteiger partial charge is 0.438 e. The number of cyclic esters (lactones) is 1. The molecule has 33 heavy (non-hydrogen) atoms. The van der Waals surface area contributed by atoms with Crippen LogP contribution in [0.25, 0.3) is 0 Å².